The lowest BCUT2D eigenvalue weighted by atomic mass is 9.86. The molecule has 1 aliphatic carbocycles. The van der Waals surface area contributed by atoms with Crippen LogP contribution in [0.5, 0.6) is 5.75 Å². The van der Waals surface area contributed by atoms with Gasteiger partial charge in [-0.15, -0.1) is 0 Å². The van der Waals surface area contributed by atoms with E-state index in [0.717, 1.165) is 12.1 Å². The third kappa shape index (κ3) is 7.27. The van der Waals surface area contributed by atoms with Gasteiger partial charge in [0.2, 0.25) is 0 Å². The number of aliphatic carboxylic acids is 1. The van der Waals surface area contributed by atoms with E-state index in [2.05, 4.69) is 10.4 Å². The van der Waals surface area contributed by atoms with E-state index < -0.39 is 71.2 Å². The van der Waals surface area contributed by atoms with Gasteiger partial charge in [-0.2, -0.15) is 18.3 Å². The summed E-state index contributed by atoms with van der Waals surface area (Å²) in [6, 6.07) is 2.43. The Bertz CT molecular complexity index is 1530. The summed E-state index contributed by atoms with van der Waals surface area (Å²) in [5.74, 6) is -5.95. The predicted octanol–water partition coefficient (Wildman–Crippen LogP) is 7.06. The van der Waals surface area contributed by atoms with Crippen LogP contribution in [0.3, 0.4) is 0 Å². The number of carbonyl (C=O) groups is 3. The van der Waals surface area contributed by atoms with Crippen LogP contribution in [0.2, 0.25) is 10.0 Å². The second-order valence-corrected chi connectivity index (χ2v) is 10.9. The average molecular weight is 648 g/mol. The number of Topliss-reactive ketones (excluding diaryl/α,β-unsaturated/α-hetero) is 1. The Morgan fingerprint density at radius 2 is 1.70 bits per heavy atom. The van der Waals surface area contributed by atoms with Gasteiger partial charge in [0.1, 0.15) is 17.4 Å². The number of methoxy groups -OCH3 is 1. The Labute approximate surface area is 251 Å². The molecule has 0 radical (unpaired) electrons. The monoisotopic (exact) mass is 647 g/mol. The van der Waals surface area contributed by atoms with Crippen molar-refractivity contribution in [2.24, 2.45) is 5.92 Å². The van der Waals surface area contributed by atoms with Crippen LogP contribution < -0.4 is 10.1 Å². The highest BCUT2D eigenvalue weighted by atomic mass is 35.5. The molecule has 0 spiro atoms. The molecule has 0 aliphatic heterocycles. The first-order chi connectivity index (χ1) is 20.2. The molecule has 1 aromatic heterocycles. The Hall–Kier alpha value is -3.71. The summed E-state index contributed by atoms with van der Waals surface area (Å²) in [6.07, 6.45) is -4.58. The number of hydrogen-bond acceptors (Lipinski definition) is 5. The highest BCUT2D eigenvalue weighted by Gasteiger charge is 2.43. The number of nitrogens with one attached hydrogen (secondary N) is 1. The highest BCUT2D eigenvalue weighted by Crippen LogP contribution is 2.39. The van der Waals surface area contributed by atoms with Crippen molar-refractivity contribution in [3.8, 4) is 5.75 Å². The van der Waals surface area contributed by atoms with E-state index in [1.165, 1.54) is 19.2 Å². The molecule has 8 nitrogen and oxygen atoms in total. The second-order valence-electron chi connectivity index (χ2n) is 10.0. The summed E-state index contributed by atoms with van der Waals surface area (Å²) in [7, 11) is 1.24. The molecule has 1 fully saturated rings. The van der Waals surface area contributed by atoms with Gasteiger partial charge >= 0.3 is 12.1 Å². The van der Waals surface area contributed by atoms with E-state index in [-0.39, 0.29) is 52.6 Å². The number of amides is 1. The van der Waals surface area contributed by atoms with Crippen LogP contribution in [0.25, 0.3) is 0 Å². The minimum absolute atomic E-state index is 0.0312. The topological polar surface area (TPSA) is 111 Å². The Balaban J connectivity index is 1.69. The molecule has 1 aliphatic rings. The van der Waals surface area contributed by atoms with Crippen molar-refractivity contribution in [2.45, 2.75) is 50.4 Å². The number of aromatic nitrogens is 2. The van der Waals surface area contributed by atoms with Crippen LogP contribution >= 0.6 is 23.2 Å². The van der Waals surface area contributed by atoms with Gasteiger partial charge in [-0.25, -0.2) is 8.78 Å². The van der Waals surface area contributed by atoms with Crippen molar-refractivity contribution in [3.05, 3.63) is 80.6 Å². The van der Waals surface area contributed by atoms with E-state index in [9.17, 15) is 41.4 Å². The molecule has 1 atom stereocenters. The second kappa shape index (κ2) is 12.9. The zero-order valence-electron chi connectivity index (χ0n) is 22.4. The molecule has 2 N–H and O–H groups in total. The molecule has 0 bridgehead atoms. The van der Waals surface area contributed by atoms with E-state index in [4.69, 9.17) is 27.9 Å². The summed E-state index contributed by atoms with van der Waals surface area (Å²) in [4.78, 5) is 38.0. The number of ketones is 1. The number of carbonyl (C=O) groups excluding carboxylic acids is 2. The van der Waals surface area contributed by atoms with Gasteiger partial charge in [-0.1, -0.05) is 23.2 Å². The smallest absolute Gasteiger partial charge is 0.433 e. The van der Waals surface area contributed by atoms with Crippen molar-refractivity contribution in [3.63, 3.8) is 0 Å². The maximum Gasteiger partial charge on any atom is 0.433 e. The number of rotatable bonds is 9. The molecule has 1 heterocycles. The number of ether oxygens (including phenoxy) is 1. The first kappa shape index (κ1) is 32.2. The summed E-state index contributed by atoms with van der Waals surface area (Å²) >= 11 is 12.2. The van der Waals surface area contributed by atoms with Crippen LogP contribution in [0, 0.1) is 17.6 Å². The van der Waals surface area contributed by atoms with Crippen LogP contribution in [0.1, 0.15) is 76.2 Å². The molecule has 3 aromatic rings. The molecule has 1 amide bonds. The minimum atomic E-state index is -5.05. The number of halogens is 7. The van der Waals surface area contributed by atoms with Crippen LogP contribution in [0.15, 0.2) is 36.5 Å². The first-order valence-corrected chi connectivity index (χ1v) is 13.7. The lowest BCUT2D eigenvalue weighted by molar-refractivity contribution is -0.147. The zero-order chi connectivity index (χ0) is 31.6. The van der Waals surface area contributed by atoms with E-state index in [0.29, 0.717) is 16.9 Å². The number of nitrogens with zero attached hydrogens (tertiary/aromatic N) is 2. The van der Waals surface area contributed by atoms with Crippen molar-refractivity contribution in [1.82, 2.24) is 15.1 Å². The molecule has 1 unspecified atom stereocenters. The maximum atomic E-state index is 14.3. The third-order valence-corrected chi connectivity index (χ3v) is 7.72. The summed E-state index contributed by atoms with van der Waals surface area (Å²) in [5.41, 5.74) is -2.66. The largest absolute Gasteiger partial charge is 0.496 e. The molecule has 230 valence electrons. The van der Waals surface area contributed by atoms with E-state index in [1.807, 2.05) is 0 Å². The number of carboxylic acids is 1. The normalized spacial score (nSPS) is 17.8. The fourth-order valence-corrected chi connectivity index (χ4v) is 5.77. The number of hydrogen-bond donors (Lipinski definition) is 2. The van der Waals surface area contributed by atoms with Crippen LogP contribution in [0.4, 0.5) is 22.0 Å². The van der Waals surface area contributed by atoms with Gasteiger partial charge in [-0.05, 0) is 55.5 Å². The zero-order valence-corrected chi connectivity index (χ0v) is 23.9. The molecule has 0 saturated heterocycles. The Kier molecular flexibility index (Phi) is 9.65. The lowest BCUT2D eigenvalue weighted by Gasteiger charge is -2.28. The SMILES string of the molecule is COc1cc(Cl)cc(Cl)c1C(=O)CC(NC(=O)c1cnn([C@H]2CC[C@H](C(=O)O)CC2)c1C(F)(F)F)c1cc(F)cc(F)c1. The molecule has 43 heavy (non-hydrogen) atoms. The average Bonchev–Trinajstić information content (AvgIpc) is 3.38. The van der Waals surface area contributed by atoms with Gasteiger partial charge in [0.25, 0.3) is 5.91 Å². The molecule has 2 aromatic carbocycles. The highest BCUT2D eigenvalue weighted by molar-refractivity contribution is 6.37. The minimum Gasteiger partial charge on any atom is -0.496 e. The van der Waals surface area contributed by atoms with Crippen molar-refractivity contribution < 1.29 is 46.2 Å². The summed E-state index contributed by atoms with van der Waals surface area (Å²) < 4.78 is 77.0. The van der Waals surface area contributed by atoms with Crippen molar-refractivity contribution in [2.75, 3.05) is 7.11 Å². The molecule has 1 saturated carbocycles. The van der Waals surface area contributed by atoms with Crippen molar-refractivity contribution in [1.29, 1.82) is 0 Å². The Morgan fingerprint density at radius 3 is 2.26 bits per heavy atom. The fourth-order valence-electron chi connectivity index (χ4n) is 5.19. The Morgan fingerprint density at radius 1 is 1.07 bits per heavy atom. The van der Waals surface area contributed by atoms with Gasteiger partial charge in [0, 0.05) is 17.5 Å². The fraction of sp³-hybridized carbons (Fsp3) is 0.357. The van der Waals surface area contributed by atoms with Crippen LogP contribution in [-0.2, 0) is 11.0 Å². The number of carboxylic acid groups (broad SMARTS) is 1. The van der Waals surface area contributed by atoms with Gasteiger partial charge in [0.15, 0.2) is 11.5 Å². The lowest BCUT2D eigenvalue weighted by Crippen LogP contribution is -2.33. The standard InChI is InChI=1S/C28H24Cl2F5N3O5/c1-43-23-9-15(29)8-20(30)24(23)22(39)11-21(14-6-16(31)10-17(32)7-14)37-26(40)19-12-36-38(25(19)28(33,34)35)18-4-2-13(3-5-18)27(41)42/h6-10,12-13,18,21H,2-5,11H2,1H3,(H,37,40)(H,41,42)/t13-,18-,21?. The van der Waals surface area contributed by atoms with Crippen LogP contribution in [-0.4, -0.2) is 39.7 Å². The van der Waals surface area contributed by atoms with E-state index >= 15 is 0 Å². The maximum absolute atomic E-state index is 14.3. The molecule has 15 heteroatoms. The number of benzene rings is 2. The third-order valence-electron chi connectivity index (χ3n) is 7.20. The van der Waals surface area contributed by atoms with Crippen molar-refractivity contribution >= 4 is 40.9 Å². The first-order valence-electron chi connectivity index (χ1n) is 12.9. The molecular weight excluding hydrogens is 624 g/mol. The van der Waals surface area contributed by atoms with Gasteiger partial charge in [-0.3, -0.25) is 19.1 Å². The molecular formula is C28H24Cl2F5N3O5. The van der Waals surface area contributed by atoms with Gasteiger partial charge in [0.05, 0.1) is 47.5 Å². The quantitative estimate of drug-likeness (QED) is 0.190. The van der Waals surface area contributed by atoms with Gasteiger partial charge < -0.3 is 15.2 Å². The molecule has 4 rings (SSSR count). The van der Waals surface area contributed by atoms with E-state index in [1.54, 1.807) is 0 Å². The number of alkyl halides is 3. The predicted molar refractivity (Wildman–Crippen MR) is 144 cm³/mol. The summed E-state index contributed by atoms with van der Waals surface area (Å²) in [6.45, 7) is 0. The summed E-state index contributed by atoms with van der Waals surface area (Å²) in [5, 5.41) is 15.3.